The summed E-state index contributed by atoms with van der Waals surface area (Å²) in [5, 5.41) is 16.3. The number of aryl methyl sites for hydroxylation is 1. The zero-order chi connectivity index (χ0) is 11.5. The highest BCUT2D eigenvalue weighted by Crippen LogP contribution is 2.15. The van der Waals surface area contributed by atoms with Crippen LogP contribution in [0, 0.1) is 6.92 Å². The first-order valence-corrected chi connectivity index (χ1v) is 6.38. The van der Waals surface area contributed by atoms with E-state index < -0.39 is 28.2 Å². The van der Waals surface area contributed by atoms with Crippen molar-refractivity contribution < 1.29 is 18.3 Å². The van der Waals surface area contributed by atoms with Crippen LogP contribution in [0.1, 0.15) is 11.4 Å². The van der Waals surface area contributed by atoms with Crippen molar-refractivity contribution in [1.29, 1.82) is 0 Å². The molecule has 15 heavy (non-hydrogen) atoms. The van der Waals surface area contributed by atoms with Gasteiger partial charge in [0.2, 0.25) is 15.2 Å². The van der Waals surface area contributed by atoms with Crippen LogP contribution in [0.15, 0.2) is 0 Å². The molecule has 1 heterocycles. The zero-order valence-corrected chi connectivity index (χ0v) is 9.43. The van der Waals surface area contributed by atoms with E-state index in [0.717, 1.165) is 11.3 Å². The number of hydrogen-bond donors (Lipinski definition) is 2. The van der Waals surface area contributed by atoms with E-state index >= 15 is 0 Å². The number of nitrogens with one attached hydrogen (secondary N) is 1. The van der Waals surface area contributed by atoms with E-state index in [4.69, 9.17) is 5.11 Å². The molecular formula is C6H9N3O4S2. The standard InChI is InChI=1S/C6H9N3O4S2/c1-4-7-8-6(14-4)9-15(12,13)3-2-5(10)11/h2-3H2,1H3,(H,8,9)(H,10,11). The summed E-state index contributed by atoms with van der Waals surface area (Å²) in [4.78, 5) is 10.2. The number of carboxylic acids is 1. The third kappa shape index (κ3) is 4.21. The predicted octanol–water partition coefficient (Wildman–Crippen LogP) is 0.0629. The largest absolute Gasteiger partial charge is 0.481 e. The molecule has 0 unspecified atom stereocenters. The molecule has 7 nitrogen and oxygen atoms in total. The lowest BCUT2D eigenvalue weighted by molar-refractivity contribution is -0.136. The highest BCUT2D eigenvalue weighted by atomic mass is 32.2. The lowest BCUT2D eigenvalue weighted by Gasteiger charge is -2.01. The molecule has 0 saturated carbocycles. The Balaban J connectivity index is 2.60. The molecule has 0 atom stereocenters. The fraction of sp³-hybridized carbons (Fsp3) is 0.500. The van der Waals surface area contributed by atoms with E-state index in [-0.39, 0.29) is 5.13 Å². The van der Waals surface area contributed by atoms with Crippen LogP contribution >= 0.6 is 11.3 Å². The normalized spacial score (nSPS) is 11.3. The quantitative estimate of drug-likeness (QED) is 0.766. The Bertz CT molecular complexity index is 453. The molecule has 0 aliphatic carbocycles. The first kappa shape index (κ1) is 11.9. The Kier molecular flexibility index (Phi) is 3.58. The molecule has 0 aromatic carbocycles. The van der Waals surface area contributed by atoms with Crippen LogP contribution in [0.4, 0.5) is 5.13 Å². The second-order valence-corrected chi connectivity index (χ2v) is 5.71. The molecule has 1 aromatic heterocycles. The molecule has 1 rings (SSSR count). The summed E-state index contributed by atoms with van der Waals surface area (Å²) in [6.45, 7) is 1.69. The average molecular weight is 251 g/mol. The maximum atomic E-state index is 11.3. The number of hydrogen-bond acceptors (Lipinski definition) is 6. The van der Waals surface area contributed by atoms with Crippen LogP contribution in [-0.4, -0.2) is 35.4 Å². The van der Waals surface area contributed by atoms with Crippen molar-refractivity contribution in [3.63, 3.8) is 0 Å². The minimum absolute atomic E-state index is 0.151. The summed E-state index contributed by atoms with van der Waals surface area (Å²) >= 11 is 1.09. The third-order valence-corrected chi connectivity index (χ3v) is 3.48. The van der Waals surface area contributed by atoms with Crippen molar-refractivity contribution in [2.45, 2.75) is 13.3 Å². The van der Waals surface area contributed by atoms with Gasteiger partial charge in [-0.3, -0.25) is 9.52 Å². The maximum absolute atomic E-state index is 11.3. The topological polar surface area (TPSA) is 109 Å². The van der Waals surface area contributed by atoms with Gasteiger partial charge < -0.3 is 5.11 Å². The summed E-state index contributed by atoms with van der Waals surface area (Å²) in [6.07, 6.45) is -0.437. The van der Waals surface area contributed by atoms with Gasteiger partial charge in [0.05, 0.1) is 12.2 Å². The van der Waals surface area contributed by atoms with Gasteiger partial charge in [-0.2, -0.15) is 0 Å². The predicted molar refractivity (Wildman–Crippen MR) is 54.3 cm³/mol. The Hall–Kier alpha value is -1.22. The number of aromatic nitrogens is 2. The van der Waals surface area contributed by atoms with E-state index in [0.29, 0.717) is 5.01 Å². The Morgan fingerprint density at radius 3 is 2.67 bits per heavy atom. The van der Waals surface area contributed by atoms with E-state index in [2.05, 4.69) is 14.9 Å². The molecule has 9 heteroatoms. The van der Waals surface area contributed by atoms with E-state index in [9.17, 15) is 13.2 Å². The molecule has 0 amide bonds. The molecule has 0 saturated heterocycles. The Morgan fingerprint density at radius 2 is 2.20 bits per heavy atom. The van der Waals surface area contributed by atoms with Crippen LogP contribution in [-0.2, 0) is 14.8 Å². The fourth-order valence-electron chi connectivity index (χ4n) is 0.744. The molecule has 0 spiro atoms. The number of anilines is 1. The van der Waals surface area contributed by atoms with Crippen LogP contribution in [0.3, 0.4) is 0 Å². The first-order valence-electron chi connectivity index (χ1n) is 3.91. The number of nitrogens with zero attached hydrogens (tertiary/aromatic N) is 2. The smallest absolute Gasteiger partial charge is 0.304 e. The molecule has 84 valence electrons. The molecule has 1 aromatic rings. The van der Waals surface area contributed by atoms with Crippen molar-refractivity contribution >= 4 is 32.5 Å². The number of sulfonamides is 1. The highest BCUT2D eigenvalue weighted by molar-refractivity contribution is 7.92. The van der Waals surface area contributed by atoms with E-state index in [1.165, 1.54) is 0 Å². The molecular weight excluding hydrogens is 242 g/mol. The first-order chi connectivity index (χ1) is 6.89. The van der Waals surface area contributed by atoms with Gasteiger partial charge in [-0.25, -0.2) is 8.42 Å². The SMILES string of the molecule is Cc1nnc(NS(=O)(=O)CCC(=O)O)s1. The van der Waals surface area contributed by atoms with Crippen LogP contribution in [0.5, 0.6) is 0 Å². The van der Waals surface area contributed by atoms with Crippen LogP contribution < -0.4 is 4.72 Å². The summed E-state index contributed by atoms with van der Waals surface area (Å²) in [5.74, 6) is -1.63. The van der Waals surface area contributed by atoms with Gasteiger partial charge in [0, 0.05) is 0 Å². The van der Waals surface area contributed by atoms with Crippen molar-refractivity contribution in [1.82, 2.24) is 10.2 Å². The van der Waals surface area contributed by atoms with Crippen LogP contribution in [0.2, 0.25) is 0 Å². The molecule has 0 bridgehead atoms. The summed E-state index contributed by atoms with van der Waals surface area (Å²) in [7, 11) is -3.64. The number of carbonyl (C=O) groups is 1. The highest BCUT2D eigenvalue weighted by Gasteiger charge is 2.14. The van der Waals surface area contributed by atoms with Gasteiger partial charge in [-0.1, -0.05) is 11.3 Å². The van der Waals surface area contributed by atoms with Gasteiger partial charge in [0.15, 0.2) is 0 Å². The van der Waals surface area contributed by atoms with E-state index in [1.807, 2.05) is 0 Å². The fourth-order valence-corrected chi connectivity index (χ4v) is 2.59. The summed E-state index contributed by atoms with van der Waals surface area (Å²) < 4.78 is 24.7. The van der Waals surface area contributed by atoms with Crippen molar-refractivity contribution in [2.75, 3.05) is 10.5 Å². The second-order valence-electron chi connectivity index (χ2n) is 2.69. The van der Waals surface area contributed by atoms with Crippen molar-refractivity contribution in [2.24, 2.45) is 0 Å². The average Bonchev–Trinajstić information content (AvgIpc) is 2.47. The molecule has 0 aliphatic rings. The van der Waals surface area contributed by atoms with Crippen molar-refractivity contribution in [3.05, 3.63) is 5.01 Å². The van der Waals surface area contributed by atoms with Gasteiger partial charge in [-0.15, -0.1) is 10.2 Å². The van der Waals surface area contributed by atoms with Gasteiger partial charge in [0.1, 0.15) is 5.01 Å². The van der Waals surface area contributed by atoms with E-state index in [1.54, 1.807) is 6.92 Å². The number of aliphatic carboxylic acids is 1. The Labute approximate surface area is 90.2 Å². The minimum atomic E-state index is -3.64. The molecule has 0 fully saturated rings. The monoisotopic (exact) mass is 251 g/mol. The van der Waals surface area contributed by atoms with Gasteiger partial charge in [-0.05, 0) is 6.92 Å². The lowest BCUT2D eigenvalue weighted by atomic mass is 10.5. The second kappa shape index (κ2) is 4.53. The minimum Gasteiger partial charge on any atom is -0.481 e. The van der Waals surface area contributed by atoms with Gasteiger partial charge in [0.25, 0.3) is 0 Å². The maximum Gasteiger partial charge on any atom is 0.304 e. The molecule has 0 radical (unpaired) electrons. The molecule has 0 aliphatic heterocycles. The van der Waals surface area contributed by atoms with Crippen LogP contribution in [0.25, 0.3) is 0 Å². The summed E-state index contributed by atoms with van der Waals surface area (Å²) in [5.41, 5.74) is 0. The number of carboxylic acid groups (broad SMARTS) is 1. The summed E-state index contributed by atoms with van der Waals surface area (Å²) in [6, 6.07) is 0. The lowest BCUT2D eigenvalue weighted by Crippen LogP contribution is -2.18. The third-order valence-electron chi connectivity index (χ3n) is 1.35. The molecule has 2 N–H and O–H groups in total. The zero-order valence-electron chi connectivity index (χ0n) is 7.80. The van der Waals surface area contributed by atoms with Gasteiger partial charge >= 0.3 is 5.97 Å². The Morgan fingerprint density at radius 1 is 1.53 bits per heavy atom. The van der Waals surface area contributed by atoms with Crippen molar-refractivity contribution in [3.8, 4) is 0 Å². The number of rotatable bonds is 5.